The number of rotatable bonds is 7. The van der Waals surface area contributed by atoms with Crippen LogP contribution in [0.1, 0.15) is 57.8 Å². The largest absolute Gasteiger partial charge is 0.350 e. The maximum atomic E-state index is 15.4. The van der Waals surface area contributed by atoms with E-state index < -0.39 is 42.7 Å². The van der Waals surface area contributed by atoms with Gasteiger partial charge in [-0.1, -0.05) is 6.42 Å². The monoisotopic (exact) mass is 567 g/mol. The quantitative estimate of drug-likeness (QED) is 0.210. The van der Waals surface area contributed by atoms with Crippen LogP contribution in [0.25, 0.3) is 0 Å². The number of carbonyl (C=O) groups is 2. The third kappa shape index (κ3) is 6.83. The van der Waals surface area contributed by atoms with E-state index in [0.29, 0.717) is 18.9 Å². The van der Waals surface area contributed by atoms with Gasteiger partial charge in [-0.05, 0) is 51.1 Å². The topological polar surface area (TPSA) is 132 Å². The van der Waals surface area contributed by atoms with Gasteiger partial charge in [0, 0.05) is 52.0 Å². The van der Waals surface area contributed by atoms with Crippen molar-refractivity contribution in [3.8, 4) is 0 Å². The summed E-state index contributed by atoms with van der Waals surface area (Å²) in [6.07, 6.45) is 4.81. The first kappa shape index (κ1) is 29.8. The molecule has 12 heteroatoms. The van der Waals surface area contributed by atoms with Crippen molar-refractivity contribution in [3.63, 3.8) is 0 Å². The van der Waals surface area contributed by atoms with E-state index in [0.717, 1.165) is 83.3 Å². The maximum absolute atomic E-state index is 15.4. The molecule has 5 fully saturated rings. The molecule has 40 heavy (non-hydrogen) atoms. The fraction of sp³-hybridized carbons (Fsp3) is 0.893. The van der Waals surface area contributed by atoms with Crippen LogP contribution in [0.2, 0.25) is 0 Å². The summed E-state index contributed by atoms with van der Waals surface area (Å²) >= 11 is 0. The van der Waals surface area contributed by atoms with E-state index in [1.165, 1.54) is 0 Å². The van der Waals surface area contributed by atoms with Gasteiger partial charge in [-0.2, -0.15) is 0 Å². The lowest BCUT2D eigenvalue weighted by atomic mass is 9.90. The van der Waals surface area contributed by atoms with Gasteiger partial charge in [0.15, 0.2) is 18.4 Å². The maximum Gasteiger partial charge on any atom is 0.234 e. The van der Waals surface area contributed by atoms with Crippen molar-refractivity contribution >= 4 is 17.5 Å². The number of nitrogens with zero attached hydrogens (tertiary/aromatic N) is 3. The Labute approximate surface area is 236 Å². The van der Waals surface area contributed by atoms with E-state index >= 15 is 4.39 Å². The summed E-state index contributed by atoms with van der Waals surface area (Å²) in [6.45, 7) is 4.17. The van der Waals surface area contributed by atoms with Crippen LogP contribution < -0.4 is 27.4 Å². The first-order valence-electron chi connectivity index (χ1n) is 15.5. The second kappa shape index (κ2) is 13.5. The number of carbonyl (C=O) groups excluding carboxylic acids is 2. The van der Waals surface area contributed by atoms with Crippen molar-refractivity contribution in [2.45, 2.75) is 94.5 Å². The third-order valence-electron chi connectivity index (χ3n) is 9.71. The van der Waals surface area contributed by atoms with Gasteiger partial charge in [0.25, 0.3) is 0 Å². The van der Waals surface area contributed by atoms with Gasteiger partial charge in [0.1, 0.15) is 12.1 Å². The van der Waals surface area contributed by atoms with E-state index in [4.69, 9.17) is 11.5 Å². The van der Waals surface area contributed by atoms with Crippen LogP contribution in [0.3, 0.4) is 0 Å². The van der Waals surface area contributed by atoms with Crippen molar-refractivity contribution in [1.29, 1.82) is 0 Å². The summed E-state index contributed by atoms with van der Waals surface area (Å²) in [5, 5.41) is 9.47. The second-order valence-corrected chi connectivity index (χ2v) is 12.5. The molecule has 0 aromatic carbocycles. The van der Waals surface area contributed by atoms with Gasteiger partial charge in [0.05, 0.1) is 18.2 Å². The molecule has 0 bridgehead atoms. The molecule has 10 nitrogen and oxygen atoms in total. The fourth-order valence-corrected chi connectivity index (χ4v) is 7.58. The number of likely N-dealkylation sites (tertiary alicyclic amines) is 2. The molecule has 2 amide bonds. The van der Waals surface area contributed by atoms with Crippen LogP contribution in [-0.2, 0) is 9.59 Å². The molecular formula is C28H49F2N8O2+. The van der Waals surface area contributed by atoms with Crippen molar-refractivity contribution in [2.75, 3.05) is 52.4 Å². The minimum absolute atomic E-state index is 0.142. The van der Waals surface area contributed by atoms with Crippen LogP contribution in [0.4, 0.5) is 8.78 Å². The normalized spacial score (nSPS) is 34.0. The van der Waals surface area contributed by atoms with Gasteiger partial charge in [-0.3, -0.25) is 19.8 Å². The lowest BCUT2D eigenvalue weighted by Gasteiger charge is -2.45. The van der Waals surface area contributed by atoms with E-state index in [-0.39, 0.29) is 31.4 Å². The summed E-state index contributed by atoms with van der Waals surface area (Å²) < 4.78 is 31.9. The molecule has 5 aliphatic rings. The zero-order chi connectivity index (χ0) is 28.2. The van der Waals surface area contributed by atoms with Crippen molar-refractivity contribution in [1.82, 2.24) is 25.8 Å². The molecular weight excluding hydrogens is 518 g/mol. The molecule has 4 saturated heterocycles. The van der Waals surface area contributed by atoms with E-state index in [1.54, 1.807) is 0 Å². The predicted octanol–water partition coefficient (Wildman–Crippen LogP) is -0.340. The Morgan fingerprint density at radius 3 is 2.45 bits per heavy atom. The van der Waals surface area contributed by atoms with E-state index in [9.17, 15) is 14.0 Å². The Balaban J connectivity index is 1.26. The Hall–Kier alpha value is -1.73. The molecule has 4 aliphatic heterocycles. The molecule has 6 unspecified atom stereocenters. The molecule has 0 aromatic heterocycles. The molecule has 5 rings (SSSR count). The first-order valence-corrected chi connectivity index (χ1v) is 15.5. The Morgan fingerprint density at radius 1 is 1.02 bits per heavy atom. The smallest absolute Gasteiger partial charge is 0.234 e. The molecule has 1 aliphatic carbocycles. The van der Waals surface area contributed by atoms with Crippen LogP contribution in [0, 0.1) is 11.8 Å². The lowest BCUT2D eigenvalue weighted by molar-refractivity contribution is -0.596. The number of halogens is 2. The standard InChI is InChI=1S/C28H48F2N8O2/c29-19-13-34-27(38(17-19)20-5-2-1-3-6-20)24(26(31)32)28(40)35-22-15-33-14-21(30)25(22)36-11-8-18(9-12-36)16-37-10-4-7-23(37)39/h18-19,21-22,24-27,33-34H,1-17,31-32H2/p+1. The zero-order valence-electron chi connectivity index (χ0n) is 23.7. The van der Waals surface area contributed by atoms with Crippen molar-refractivity contribution in [3.05, 3.63) is 0 Å². The first-order chi connectivity index (χ1) is 19.3. The van der Waals surface area contributed by atoms with Crippen LogP contribution >= 0.6 is 0 Å². The van der Waals surface area contributed by atoms with Crippen LogP contribution in [0.15, 0.2) is 0 Å². The Morgan fingerprint density at radius 2 is 1.77 bits per heavy atom. The lowest BCUT2D eigenvalue weighted by Crippen LogP contribution is -2.69. The molecule has 7 N–H and O–H groups in total. The highest BCUT2D eigenvalue weighted by Gasteiger charge is 2.47. The number of hydrogen-bond donors (Lipinski definition) is 5. The average molecular weight is 568 g/mol. The van der Waals surface area contributed by atoms with Gasteiger partial charge in [-0.15, -0.1) is 0 Å². The van der Waals surface area contributed by atoms with E-state index in [1.807, 2.05) is 9.48 Å². The van der Waals surface area contributed by atoms with Crippen LogP contribution in [-0.4, -0.2) is 121 Å². The number of hydrogen-bond acceptors (Lipinski definition) is 7. The second-order valence-electron chi connectivity index (χ2n) is 12.5. The third-order valence-corrected chi connectivity index (χ3v) is 9.71. The average Bonchev–Trinajstić information content (AvgIpc) is 3.34. The summed E-state index contributed by atoms with van der Waals surface area (Å²) in [7, 11) is 0. The number of alkyl halides is 2. The van der Waals surface area contributed by atoms with Gasteiger partial charge < -0.3 is 27.0 Å². The molecule has 4 heterocycles. The summed E-state index contributed by atoms with van der Waals surface area (Å²) in [4.78, 5) is 30.0. The number of amides is 2. The number of piperidine rings is 2. The predicted molar refractivity (Wildman–Crippen MR) is 149 cm³/mol. The molecule has 0 aromatic rings. The minimum Gasteiger partial charge on any atom is -0.350 e. The minimum atomic E-state index is -1.13. The number of nitrogens with two attached hydrogens (primary N) is 2. The molecule has 6 atom stereocenters. The summed E-state index contributed by atoms with van der Waals surface area (Å²) in [6, 6.07) is -0.893. The molecule has 0 spiro atoms. The van der Waals surface area contributed by atoms with Gasteiger partial charge in [-0.25, -0.2) is 13.4 Å². The highest BCUT2D eigenvalue weighted by Crippen LogP contribution is 2.27. The highest BCUT2D eigenvalue weighted by atomic mass is 19.1. The zero-order valence-corrected chi connectivity index (χ0v) is 23.7. The van der Waals surface area contributed by atoms with Crippen LogP contribution in [0.5, 0.6) is 0 Å². The van der Waals surface area contributed by atoms with Crippen molar-refractivity contribution < 1.29 is 22.9 Å². The van der Waals surface area contributed by atoms with Gasteiger partial charge in [0.2, 0.25) is 18.0 Å². The summed E-state index contributed by atoms with van der Waals surface area (Å²) in [5.74, 6) is -0.466. The van der Waals surface area contributed by atoms with Gasteiger partial charge >= 0.3 is 0 Å². The van der Waals surface area contributed by atoms with Crippen molar-refractivity contribution in [2.24, 2.45) is 23.3 Å². The fourth-order valence-electron chi connectivity index (χ4n) is 7.58. The number of nitrogens with one attached hydrogen (secondary N) is 3. The Bertz CT molecular complexity index is 920. The summed E-state index contributed by atoms with van der Waals surface area (Å²) in [5.41, 5.74) is 13.6. The molecule has 226 valence electrons. The molecule has 0 radical (unpaired) electrons. The Kier molecular flexibility index (Phi) is 10.0. The molecule has 1 saturated carbocycles. The highest BCUT2D eigenvalue weighted by molar-refractivity contribution is 5.82. The SMILES string of the molecule is NC(N)C(C(=O)NC1CNCC(F)C1N1CCC(CN2CCCC2=O)CC1)C1NCC(F)C[N+]1=C1CCCCC1. The van der Waals surface area contributed by atoms with E-state index in [2.05, 4.69) is 20.9 Å².